The maximum atomic E-state index is 11.4. The first-order chi connectivity index (χ1) is 6.47. The Labute approximate surface area is 84.8 Å². The first-order valence-electron chi connectivity index (χ1n) is 4.67. The quantitative estimate of drug-likeness (QED) is 0.655. The van der Waals surface area contributed by atoms with E-state index in [1.54, 1.807) is 13.0 Å². The Morgan fingerprint density at radius 3 is 2.36 bits per heavy atom. The van der Waals surface area contributed by atoms with Crippen molar-refractivity contribution in [2.75, 3.05) is 13.1 Å². The molecule has 0 aromatic rings. The topological polar surface area (TPSA) is 63.4 Å². The third-order valence-corrected chi connectivity index (χ3v) is 1.55. The van der Waals surface area contributed by atoms with Crippen LogP contribution in [0.15, 0.2) is 12.2 Å². The molecule has 0 heterocycles. The molecule has 2 N–H and O–H groups in total. The van der Waals surface area contributed by atoms with Crippen LogP contribution >= 0.6 is 0 Å². The molecule has 0 fully saturated rings. The molecule has 0 atom stereocenters. The van der Waals surface area contributed by atoms with Gasteiger partial charge in [0.25, 0.3) is 0 Å². The van der Waals surface area contributed by atoms with E-state index in [0.717, 1.165) is 0 Å². The van der Waals surface area contributed by atoms with Crippen molar-refractivity contribution in [3.63, 3.8) is 0 Å². The molecule has 80 valence electrons. The van der Waals surface area contributed by atoms with Gasteiger partial charge in [0, 0.05) is 6.54 Å². The number of nitrogens with two attached hydrogens (primary N) is 1. The molecule has 2 amide bonds. The zero-order valence-corrected chi connectivity index (χ0v) is 8.99. The minimum absolute atomic E-state index is 0.0125. The van der Waals surface area contributed by atoms with Crippen LogP contribution in [-0.2, 0) is 9.59 Å². The molecule has 0 rings (SSSR count). The van der Waals surface area contributed by atoms with Crippen LogP contribution in [0.2, 0.25) is 0 Å². The Balaban J connectivity index is 4.37. The van der Waals surface area contributed by atoms with Crippen LogP contribution < -0.4 is 5.73 Å². The van der Waals surface area contributed by atoms with Crippen LogP contribution in [0.3, 0.4) is 0 Å². The minimum atomic E-state index is -0.483. The molecule has 0 radical (unpaired) electrons. The highest BCUT2D eigenvalue weighted by Crippen LogP contribution is 1.99. The van der Waals surface area contributed by atoms with Crippen molar-refractivity contribution in [3.8, 4) is 0 Å². The number of carbonyl (C=O) groups excluding carboxylic acids is 2. The zero-order valence-electron chi connectivity index (χ0n) is 8.99. The van der Waals surface area contributed by atoms with E-state index in [1.807, 2.05) is 13.8 Å². The van der Waals surface area contributed by atoms with Crippen LogP contribution in [0.1, 0.15) is 20.8 Å². The third kappa shape index (κ3) is 5.35. The molecule has 0 unspecified atom stereocenters. The van der Waals surface area contributed by atoms with Crippen LogP contribution in [0.25, 0.3) is 0 Å². The summed E-state index contributed by atoms with van der Waals surface area (Å²) in [6.45, 7) is 6.26. The molecule has 0 aromatic heterocycles. The van der Waals surface area contributed by atoms with E-state index >= 15 is 0 Å². The lowest BCUT2D eigenvalue weighted by atomic mass is 10.2. The number of hydrogen-bond acceptors (Lipinski definition) is 2. The van der Waals surface area contributed by atoms with E-state index in [9.17, 15) is 9.59 Å². The number of nitrogens with zero attached hydrogens (tertiary/aromatic N) is 1. The van der Waals surface area contributed by atoms with Crippen molar-refractivity contribution >= 4 is 11.8 Å². The monoisotopic (exact) mass is 198 g/mol. The molecule has 0 aliphatic heterocycles. The zero-order chi connectivity index (χ0) is 11.1. The molecule has 0 saturated carbocycles. The molecule has 0 aliphatic rings. The molecular weight excluding hydrogens is 180 g/mol. The van der Waals surface area contributed by atoms with Crippen LogP contribution in [-0.4, -0.2) is 29.8 Å². The Morgan fingerprint density at radius 2 is 2.00 bits per heavy atom. The van der Waals surface area contributed by atoms with E-state index in [-0.39, 0.29) is 12.5 Å². The molecular formula is C10H18N2O2. The number of primary amides is 1. The van der Waals surface area contributed by atoms with Gasteiger partial charge in [-0.2, -0.15) is 0 Å². The highest BCUT2D eigenvalue weighted by Gasteiger charge is 2.13. The predicted molar refractivity (Wildman–Crippen MR) is 55.4 cm³/mol. The fourth-order valence-corrected chi connectivity index (χ4v) is 1.11. The molecule has 14 heavy (non-hydrogen) atoms. The van der Waals surface area contributed by atoms with E-state index in [0.29, 0.717) is 12.5 Å². The summed E-state index contributed by atoms with van der Waals surface area (Å²) in [5.41, 5.74) is 5.05. The number of amides is 2. The maximum Gasteiger partial charge on any atom is 0.246 e. The molecule has 0 aliphatic carbocycles. The van der Waals surface area contributed by atoms with E-state index < -0.39 is 5.91 Å². The third-order valence-electron chi connectivity index (χ3n) is 1.55. The summed E-state index contributed by atoms with van der Waals surface area (Å²) < 4.78 is 0. The van der Waals surface area contributed by atoms with Crippen molar-refractivity contribution in [1.29, 1.82) is 0 Å². The van der Waals surface area contributed by atoms with Gasteiger partial charge in [0.2, 0.25) is 11.8 Å². The van der Waals surface area contributed by atoms with Gasteiger partial charge in [0.1, 0.15) is 0 Å². The van der Waals surface area contributed by atoms with Crippen molar-refractivity contribution in [2.45, 2.75) is 20.8 Å². The fourth-order valence-electron chi connectivity index (χ4n) is 1.11. The summed E-state index contributed by atoms with van der Waals surface area (Å²) in [4.78, 5) is 23.6. The summed E-state index contributed by atoms with van der Waals surface area (Å²) in [5.74, 6) is -0.327. The van der Waals surface area contributed by atoms with Gasteiger partial charge >= 0.3 is 0 Å². The number of carbonyl (C=O) groups is 2. The minimum Gasteiger partial charge on any atom is -0.368 e. The van der Waals surface area contributed by atoms with Gasteiger partial charge in [-0.15, -0.1) is 0 Å². The van der Waals surface area contributed by atoms with Crippen molar-refractivity contribution in [3.05, 3.63) is 12.2 Å². The van der Waals surface area contributed by atoms with Crippen LogP contribution in [0.4, 0.5) is 0 Å². The summed E-state index contributed by atoms with van der Waals surface area (Å²) >= 11 is 0. The number of hydrogen-bond donors (Lipinski definition) is 1. The number of allylic oxidation sites excluding steroid dienone is 1. The molecule has 4 heteroatoms. The average Bonchev–Trinajstić information content (AvgIpc) is 2.01. The highest BCUT2D eigenvalue weighted by molar-refractivity contribution is 5.90. The smallest absolute Gasteiger partial charge is 0.246 e. The number of rotatable bonds is 5. The predicted octanol–water partition coefficient (Wildman–Crippen LogP) is 0.532. The van der Waals surface area contributed by atoms with Crippen molar-refractivity contribution in [2.24, 2.45) is 11.7 Å². The van der Waals surface area contributed by atoms with Gasteiger partial charge in [-0.3, -0.25) is 9.59 Å². The molecule has 0 spiro atoms. The SMILES string of the molecule is CC=CC(=O)N(CC(N)=O)CC(C)C. The average molecular weight is 198 g/mol. The second-order valence-electron chi connectivity index (χ2n) is 3.58. The molecule has 0 saturated heterocycles. The van der Waals surface area contributed by atoms with Gasteiger partial charge in [-0.1, -0.05) is 19.9 Å². The summed E-state index contributed by atoms with van der Waals surface area (Å²) in [5, 5.41) is 0. The lowest BCUT2D eigenvalue weighted by molar-refractivity contribution is -0.131. The first kappa shape index (κ1) is 12.7. The van der Waals surface area contributed by atoms with Gasteiger partial charge in [-0.05, 0) is 18.9 Å². The normalized spacial score (nSPS) is 10.9. The lowest BCUT2D eigenvalue weighted by Gasteiger charge is -2.21. The Kier molecular flexibility index (Phi) is 5.60. The summed E-state index contributed by atoms with van der Waals surface area (Å²) in [7, 11) is 0. The fraction of sp³-hybridized carbons (Fsp3) is 0.600. The second-order valence-corrected chi connectivity index (χ2v) is 3.58. The lowest BCUT2D eigenvalue weighted by Crippen LogP contribution is -2.39. The molecule has 0 aromatic carbocycles. The van der Waals surface area contributed by atoms with Gasteiger partial charge in [-0.25, -0.2) is 0 Å². The van der Waals surface area contributed by atoms with E-state index in [4.69, 9.17) is 5.73 Å². The Bertz CT molecular complexity index is 234. The Hall–Kier alpha value is -1.32. The van der Waals surface area contributed by atoms with Gasteiger partial charge in [0.15, 0.2) is 0 Å². The van der Waals surface area contributed by atoms with Crippen molar-refractivity contribution in [1.82, 2.24) is 4.90 Å². The van der Waals surface area contributed by atoms with E-state index in [1.165, 1.54) is 11.0 Å². The standard InChI is InChI=1S/C10H18N2O2/c1-4-5-10(14)12(6-8(2)3)7-9(11)13/h4-5,8H,6-7H2,1-3H3,(H2,11,13). The maximum absolute atomic E-state index is 11.4. The van der Waals surface area contributed by atoms with Gasteiger partial charge in [0.05, 0.1) is 6.54 Å². The van der Waals surface area contributed by atoms with Crippen LogP contribution in [0, 0.1) is 5.92 Å². The Morgan fingerprint density at radius 1 is 1.43 bits per heavy atom. The van der Waals surface area contributed by atoms with E-state index in [2.05, 4.69) is 0 Å². The largest absolute Gasteiger partial charge is 0.368 e. The van der Waals surface area contributed by atoms with Gasteiger partial charge < -0.3 is 10.6 Å². The molecule has 4 nitrogen and oxygen atoms in total. The molecule has 0 bridgehead atoms. The van der Waals surface area contributed by atoms with Crippen LogP contribution in [0.5, 0.6) is 0 Å². The highest BCUT2D eigenvalue weighted by atomic mass is 16.2. The first-order valence-corrected chi connectivity index (χ1v) is 4.67. The second kappa shape index (κ2) is 6.18. The summed E-state index contributed by atoms with van der Waals surface area (Å²) in [6, 6.07) is 0. The summed E-state index contributed by atoms with van der Waals surface area (Å²) in [6.07, 6.45) is 3.09. The van der Waals surface area contributed by atoms with Crippen molar-refractivity contribution < 1.29 is 9.59 Å².